The molecule has 4 heterocycles. The highest BCUT2D eigenvalue weighted by Crippen LogP contribution is 2.52. The summed E-state index contributed by atoms with van der Waals surface area (Å²) in [6, 6.07) is 1.82. The number of carbonyl (C=O) groups excluding carboxylic acids is 2. The Morgan fingerprint density at radius 2 is 2.18 bits per heavy atom. The smallest absolute Gasteiger partial charge is 0.230 e. The summed E-state index contributed by atoms with van der Waals surface area (Å²) in [5.74, 6) is 0.193. The highest BCUT2D eigenvalue weighted by atomic mass is 16.5. The lowest BCUT2D eigenvalue weighted by Crippen LogP contribution is -2.44. The maximum absolute atomic E-state index is 13.3. The second-order valence-corrected chi connectivity index (χ2v) is 8.43. The van der Waals surface area contributed by atoms with Crippen LogP contribution in [0.3, 0.4) is 0 Å². The van der Waals surface area contributed by atoms with Gasteiger partial charge in [0.15, 0.2) is 5.76 Å². The van der Waals surface area contributed by atoms with Gasteiger partial charge < -0.3 is 19.1 Å². The largest absolute Gasteiger partial charge is 0.360 e. The van der Waals surface area contributed by atoms with Crippen LogP contribution in [0.5, 0.6) is 0 Å². The van der Waals surface area contributed by atoms with E-state index in [1.807, 2.05) is 30.0 Å². The summed E-state index contributed by atoms with van der Waals surface area (Å²) >= 11 is 0. The lowest BCUT2D eigenvalue weighted by Gasteiger charge is -2.27. The van der Waals surface area contributed by atoms with Gasteiger partial charge in [-0.05, 0) is 12.8 Å². The van der Waals surface area contributed by atoms with Gasteiger partial charge in [-0.15, -0.1) is 0 Å². The molecule has 1 spiro atoms. The summed E-state index contributed by atoms with van der Waals surface area (Å²) in [4.78, 5) is 30.0. The van der Waals surface area contributed by atoms with E-state index in [0.717, 1.165) is 25.1 Å². The Morgan fingerprint density at radius 3 is 2.82 bits per heavy atom. The van der Waals surface area contributed by atoms with Crippen molar-refractivity contribution in [2.45, 2.75) is 51.9 Å². The van der Waals surface area contributed by atoms with E-state index in [1.54, 1.807) is 11.9 Å². The zero-order valence-electron chi connectivity index (χ0n) is 17.1. The molecular weight excluding hydrogens is 358 g/mol. The fraction of sp³-hybridized carbons (Fsp3) is 0.667. The molecule has 0 N–H and O–H groups in total. The molecule has 2 fully saturated rings. The molecule has 0 radical (unpaired) electrons. The second-order valence-electron chi connectivity index (χ2n) is 8.43. The average molecular weight is 387 g/mol. The van der Waals surface area contributed by atoms with E-state index < -0.39 is 17.4 Å². The monoisotopic (exact) mass is 387 g/mol. The molecule has 0 aliphatic carbocycles. The van der Waals surface area contributed by atoms with Crippen LogP contribution in [0, 0.1) is 24.7 Å². The molecule has 3 aliphatic heterocycles. The number of ether oxygens (including phenoxy) is 1. The van der Waals surface area contributed by atoms with Gasteiger partial charge in [0, 0.05) is 19.7 Å². The molecule has 1 aromatic heterocycles. The zero-order valence-corrected chi connectivity index (χ0v) is 17.1. The highest BCUT2D eigenvalue weighted by Gasteiger charge is 2.67. The van der Waals surface area contributed by atoms with E-state index in [2.05, 4.69) is 19.0 Å². The summed E-state index contributed by atoms with van der Waals surface area (Å²) in [5, 5.41) is 3.87. The topological polar surface area (TPSA) is 75.9 Å². The van der Waals surface area contributed by atoms with Gasteiger partial charge in [-0.3, -0.25) is 9.59 Å². The van der Waals surface area contributed by atoms with Gasteiger partial charge in [-0.2, -0.15) is 0 Å². The Balaban J connectivity index is 1.52. The highest BCUT2D eigenvalue weighted by molar-refractivity contribution is 5.93. The van der Waals surface area contributed by atoms with Crippen LogP contribution in [0.1, 0.15) is 38.1 Å². The minimum absolute atomic E-state index is 0.0565. The van der Waals surface area contributed by atoms with Crippen LogP contribution >= 0.6 is 0 Å². The van der Waals surface area contributed by atoms with E-state index in [0.29, 0.717) is 24.8 Å². The van der Waals surface area contributed by atoms with Crippen molar-refractivity contribution in [1.82, 2.24) is 15.0 Å². The molecule has 4 atom stereocenters. The molecule has 28 heavy (non-hydrogen) atoms. The van der Waals surface area contributed by atoms with Crippen molar-refractivity contribution in [2.24, 2.45) is 17.8 Å². The normalized spacial score (nSPS) is 30.5. The van der Waals surface area contributed by atoms with Gasteiger partial charge in [0.1, 0.15) is 5.60 Å². The number of hydrogen-bond donors (Lipinski definition) is 0. The quantitative estimate of drug-likeness (QED) is 0.670. The van der Waals surface area contributed by atoms with E-state index >= 15 is 0 Å². The maximum atomic E-state index is 13.3. The standard InChI is InChI=1S/C21H29N3O4/c1-5-14(6-2)10-24-12-21-8-7-16(27-21)17(18(21)20(24)26)19(25)23(4)11-15-9-13(3)22-28-15/h7-9,14,16-18H,5-6,10-12H2,1-4H3/t16-,17?,18?,21-/m1/s1. The lowest BCUT2D eigenvalue weighted by atomic mass is 9.76. The first kappa shape index (κ1) is 19.2. The van der Waals surface area contributed by atoms with E-state index in [-0.39, 0.29) is 17.9 Å². The van der Waals surface area contributed by atoms with Crippen LogP contribution in [-0.2, 0) is 20.9 Å². The first-order valence-corrected chi connectivity index (χ1v) is 10.2. The third-order valence-corrected chi connectivity index (χ3v) is 6.54. The summed E-state index contributed by atoms with van der Waals surface area (Å²) in [5.41, 5.74) is 0.140. The van der Waals surface area contributed by atoms with Crippen molar-refractivity contribution in [3.63, 3.8) is 0 Å². The Morgan fingerprint density at radius 1 is 1.43 bits per heavy atom. The predicted octanol–water partition coefficient (Wildman–Crippen LogP) is 2.16. The van der Waals surface area contributed by atoms with Gasteiger partial charge in [-0.1, -0.05) is 44.0 Å². The van der Waals surface area contributed by atoms with E-state index in [9.17, 15) is 9.59 Å². The van der Waals surface area contributed by atoms with Crippen LogP contribution < -0.4 is 0 Å². The Hall–Kier alpha value is -2.15. The second kappa shape index (κ2) is 7.03. The summed E-state index contributed by atoms with van der Waals surface area (Å²) in [6.07, 6.45) is 5.73. The van der Waals surface area contributed by atoms with Gasteiger partial charge in [0.2, 0.25) is 11.8 Å². The molecule has 2 bridgehead atoms. The third-order valence-electron chi connectivity index (χ3n) is 6.54. The maximum Gasteiger partial charge on any atom is 0.230 e. The number of aryl methyl sites for hydroxylation is 1. The predicted molar refractivity (Wildman–Crippen MR) is 102 cm³/mol. The van der Waals surface area contributed by atoms with Gasteiger partial charge in [0.25, 0.3) is 0 Å². The first-order chi connectivity index (χ1) is 13.4. The van der Waals surface area contributed by atoms with Crippen molar-refractivity contribution in [3.8, 4) is 0 Å². The Kier molecular flexibility index (Phi) is 4.81. The summed E-state index contributed by atoms with van der Waals surface area (Å²) in [6.45, 7) is 7.77. The first-order valence-electron chi connectivity index (χ1n) is 10.2. The van der Waals surface area contributed by atoms with Crippen LogP contribution in [0.4, 0.5) is 0 Å². The van der Waals surface area contributed by atoms with Crippen LogP contribution in [0.25, 0.3) is 0 Å². The minimum Gasteiger partial charge on any atom is -0.360 e. The number of hydrogen-bond acceptors (Lipinski definition) is 5. The number of rotatable bonds is 7. The molecule has 4 rings (SSSR count). The molecule has 1 aromatic rings. The van der Waals surface area contributed by atoms with Crippen molar-refractivity contribution < 1.29 is 18.8 Å². The summed E-state index contributed by atoms with van der Waals surface area (Å²) < 4.78 is 11.5. The number of amides is 2. The number of likely N-dealkylation sites (tertiary alicyclic amines) is 1. The average Bonchev–Trinajstić information content (AvgIpc) is 3.41. The molecule has 0 aromatic carbocycles. The molecule has 2 amide bonds. The molecule has 2 saturated heterocycles. The number of aromatic nitrogens is 1. The number of carbonyl (C=O) groups is 2. The SMILES string of the molecule is CCC(CC)CN1C[C@@]23C=C[C@@H](O2)C(C(=O)N(C)Cc2cc(C)no2)C3C1=O. The number of nitrogens with zero attached hydrogens (tertiary/aromatic N) is 3. The third kappa shape index (κ3) is 2.96. The van der Waals surface area contributed by atoms with Crippen molar-refractivity contribution in [1.29, 1.82) is 0 Å². The van der Waals surface area contributed by atoms with E-state index in [1.165, 1.54) is 0 Å². The van der Waals surface area contributed by atoms with Crippen molar-refractivity contribution in [3.05, 3.63) is 29.7 Å². The molecule has 2 unspecified atom stereocenters. The molecule has 3 aliphatic rings. The lowest BCUT2D eigenvalue weighted by molar-refractivity contribution is -0.143. The molecule has 0 saturated carbocycles. The van der Waals surface area contributed by atoms with Crippen LogP contribution in [-0.4, -0.2) is 58.6 Å². The molecule has 152 valence electrons. The molecule has 7 nitrogen and oxygen atoms in total. The Bertz CT molecular complexity index is 799. The fourth-order valence-electron chi connectivity index (χ4n) is 4.93. The zero-order chi connectivity index (χ0) is 20.1. The molecular formula is C21H29N3O4. The number of fused-ring (bicyclic) bond motifs is 1. The van der Waals surface area contributed by atoms with Gasteiger partial charge in [0.05, 0.1) is 36.7 Å². The minimum atomic E-state index is -0.641. The van der Waals surface area contributed by atoms with Crippen molar-refractivity contribution >= 4 is 11.8 Å². The Labute approximate surface area is 165 Å². The van der Waals surface area contributed by atoms with Crippen molar-refractivity contribution in [2.75, 3.05) is 20.1 Å². The van der Waals surface area contributed by atoms with E-state index in [4.69, 9.17) is 9.26 Å². The van der Waals surface area contributed by atoms with Gasteiger partial charge in [-0.25, -0.2) is 0 Å². The van der Waals surface area contributed by atoms with Crippen LogP contribution in [0.2, 0.25) is 0 Å². The summed E-state index contributed by atoms with van der Waals surface area (Å²) in [7, 11) is 1.74. The fourth-order valence-corrected chi connectivity index (χ4v) is 4.93. The van der Waals surface area contributed by atoms with Gasteiger partial charge >= 0.3 is 0 Å². The van der Waals surface area contributed by atoms with Crippen LogP contribution in [0.15, 0.2) is 22.7 Å². The molecule has 7 heteroatoms.